The van der Waals surface area contributed by atoms with E-state index in [-0.39, 0.29) is 18.4 Å². The number of hydrogen-bond donors (Lipinski definition) is 2. The van der Waals surface area contributed by atoms with Crippen LogP contribution in [0.4, 0.5) is 5.69 Å². The van der Waals surface area contributed by atoms with Gasteiger partial charge in [-0.25, -0.2) is 0 Å². The minimum absolute atomic E-state index is 0.000245. The Labute approximate surface area is 108 Å². The molecule has 0 radical (unpaired) electrons. The van der Waals surface area contributed by atoms with E-state index in [0.717, 1.165) is 14.8 Å². The summed E-state index contributed by atoms with van der Waals surface area (Å²) in [5.41, 5.74) is 1.78. The van der Waals surface area contributed by atoms with Gasteiger partial charge < -0.3 is 10.6 Å². The lowest BCUT2D eigenvalue weighted by atomic mass is 10.2. The lowest BCUT2D eigenvalue weighted by Gasteiger charge is -2.08. The van der Waals surface area contributed by atoms with E-state index in [1.807, 2.05) is 25.1 Å². The molecule has 0 fully saturated rings. The normalized spacial score (nSPS) is 9.69. The highest BCUT2D eigenvalue weighted by Gasteiger charge is 2.05. The van der Waals surface area contributed by atoms with E-state index in [9.17, 15) is 9.59 Å². The van der Waals surface area contributed by atoms with E-state index in [4.69, 9.17) is 0 Å². The second kappa shape index (κ2) is 5.83. The van der Waals surface area contributed by atoms with Gasteiger partial charge in [-0.1, -0.05) is 6.07 Å². The molecule has 0 aromatic heterocycles. The number of anilines is 1. The summed E-state index contributed by atoms with van der Waals surface area (Å²) in [5, 5.41) is 5.19. The van der Waals surface area contributed by atoms with Crippen LogP contribution in [0.25, 0.3) is 0 Å². The van der Waals surface area contributed by atoms with Crippen molar-refractivity contribution >= 4 is 40.1 Å². The standard InChI is InChI=1S/C11H13IN2O2/c1-7-3-4-9(12)5-10(7)14-11(16)6-13-8(2)15/h3-5H,6H2,1-2H3,(H,13,15)(H,14,16). The van der Waals surface area contributed by atoms with Gasteiger partial charge in [0, 0.05) is 16.2 Å². The zero-order chi connectivity index (χ0) is 12.1. The summed E-state index contributed by atoms with van der Waals surface area (Å²) in [6.45, 7) is 3.30. The van der Waals surface area contributed by atoms with E-state index >= 15 is 0 Å². The van der Waals surface area contributed by atoms with Crippen LogP contribution >= 0.6 is 22.6 Å². The molecule has 5 heteroatoms. The van der Waals surface area contributed by atoms with Crippen molar-refractivity contribution in [3.8, 4) is 0 Å². The Bertz CT molecular complexity index is 418. The van der Waals surface area contributed by atoms with Gasteiger partial charge in [-0.3, -0.25) is 9.59 Å². The van der Waals surface area contributed by atoms with E-state index < -0.39 is 0 Å². The highest BCUT2D eigenvalue weighted by atomic mass is 127. The Hall–Kier alpha value is -1.11. The maximum absolute atomic E-state index is 11.5. The third-order valence-electron chi connectivity index (χ3n) is 1.97. The molecule has 1 rings (SSSR count). The second-order valence-electron chi connectivity index (χ2n) is 3.42. The van der Waals surface area contributed by atoms with Crippen LogP contribution in [-0.2, 0) is 9.59 Å². The van der Waals surface area contributed by atoms with Gasteiger partial charge in [0.25, 0.3) is 0 Å². The highest BCUT2D eigenvalue weighted by molar-refractivity contribution is 14.1. The Morgan fingerprint density at radius 3 is 2.69 bits per heavy atom. The van der Waals surface area contributed by atoms with Crippen molar-refractivity contribution in [1.29, 1.82) is 0 Å². The molecule has 0 aliphatic carbocycles. The zero-order valence-corrected chi connectivity index (χ0v) is 11.3. The van der Waals surface area contributed by atoms with Crippen molar-refractivity contribution in [2.75, 3.05) is 11.9 Å². The van der Waals surface area contributed by atoms with Gasteiger partial charge in [-0.2, -0.15) is 0 Å². The van der Waals surface area contributed by atoms with Gasteiger partial charge >= 0.3 is 0 Å². The highest BCUT2D eigenvalue weighted by Crippen LogP contribution is 2.17. The second-order valence-corrected chi connectivity index (χ2v) is 4.66. The van der Waals surface area contributed by atoms with Crippen LogP contribution in [0.1, 0.15) is 12.5 Å². The fourth-order valence-electron chi connectivity index (χ4n) is 1.13. The molecule has 0 aliphatic rings. The van der Waals surface area contributed by atoms with E-state index in [1.54, 1.807) is 0 Å². The molecule has 2 amide bonds. The predicted molar refractivity (Wildman–Crippen MR) is 71.2 cm³/mol. The minimum atomic E-state index is -0.222. The molecule has 86 valence electrons. The third kappa shape index (κ3) is 4.18. The zero-order valence-electron chi connectivity index (χ0n) is 9.13. The summed E-state index contributed by atoms with van der Waals surface area (Å²) in [7, 11) is 0. The van der Waals surface area contributed by atoms with Crippen LogP contribution in [0.2, 0.25) is 0 Å². The number of rotatable bonds is 3. The first-order valence-electron chi connectivity index (χ1n) is 4.79. The molecule has 4 nitrogen and oxygen atoms in total. The van der Waals surface area contributed by atoms with Crippen LogP contribution in [0.5, 0.6) is 0 Å². The van der Waals surface area contributed by atoms with Crippen molar-refractivity contribution in [2.45, 2.75) is 13.8 Å². The Morgan fingerprint density at radius 2 is 2.06 bits per heavy atom. The SMILES string of the molecule is CC(=O)NCC(=O)Nc1cc(I)ccc1C. The molecule has 1 aromatic rings. The van der Waals surface area contributed by atoms with Gasteiger partial charge in [0.05, 0.1) is 6.54 Å². The molecule has 0 saturated carbocycles. The molecule has 1 aromatic carbocycles. The Balaban J connectivity index is 2.62. The van der Waals surface area contributed by atoms with Crippen LogP contribution in [0.3, 0.4) is 0 Å². The number of carbonyl (C=O) groups excluding carboxylic acids is 2. The number of amides is 2. The van der Waals surface area contributed by atoms with Crippen LogP contribution in [-0.4, -0.2) is 18.4 Å². The molecule has 0 saturated heterocycles. The number of aryl methyl sites for hydroxylation is 1. The van der Waals surface area contributed by atoms with Gasteiger partial charge in [-0.15, -0.1) is 0 Å². The van der Waals surface area contributed by atoms with Crippen molar-refractivity contribution in [3.05, 3.63) is 27.3 Å². The lowest BCUT2D eigenvalue weighted by Crippen LogP contribution is -2.31. The first-order chi connectivity index (χ1) is 7.49. The van der Waals surface area contributed by atoms with E-state index in [1.165, 1.54) is 6.92 Å². The molecule has 0 heterocycles. The van der Waals surface area contributed by atoms with E-state index in [2.05, 4.69) is 33.2 Å². The smallest absolute Gasteiger partial charge is 0.243 e. The molecule has 0 atom stereocenters. The van der Waals surface area contributed by atoms with Crippen LogP contribution in [0.15, 0.2) is 18.2 Å². The predicted octanol–water partition coefficient (Wildman–Crippen LogP) is 1.67. The third-order valence-corrected chi connectivity index (χ3v) is 2.64. The minimum Gasteiger partial charge on any atom is -0.347 e. The number of nitrogens with one attached hydrogen (secondary N) is 2. The monoisotopic (exact) mass is 332 g/mol. The molecule has 0 unspecified atom stereocenters. The van der Waals surface area contributed by atoms with Crippen molar-refractivity contribution in [1.82, 2.24) is 5.32 Å². The largest absolute Gasteiger partial charge is 0.347 e. The Morgan fingerprint density at radius 1 is 1.38 bits per heavy atom. The topological polar surface area (TPSA) is 58.2 Å². The maximum atomic E-state index is 11.5. The first kappa shape index (κ1) is 13.0. The molecular formula is C11H13IN2O2. The molecule has 16 heavy (non-hydrogen) atoms. The average molecular weight is 332 g/mol. The molecule has 0 spiro atoms. The summed E-state index contributed by atoms with van der Waals surface area (Å²) in [6.07, 6.45) is 0. The van der Waals surface area contributed by atoms with Gasteiger partial charge in [-0.05, 0) is 47.2 Å². The van der Waals surface area contributed by atoms with Crippen molar-refractivity contribution in [2.24, 2.45) is 0 Å². The van der Waals surface area contributed by atoms with Crippen molar-refractivity contribution < 1.29 is 9.59 Å². The molecule has 0 aliphatic heterocycles. The number of halogens is 1. The summed E-state index contributed by atoms with van der Waals surface area (Å²) in [5.74, 6) is -0.435. The molecular weight excluding hydrogens is 319 g/mol. The number of hydrogen-bond acceptors (Lipinski definition) is 2. The maximum Gasteiger partial charge on any atom is 0.243 e. The van der Waals surface area contributed by atoms with Gasteiger partial charge in [0.1, 0.15) is 0 Å². The van der Waals surface area contributed by atoms with E-state index in [0.29, 0.717) is 0 Å². The summed E-state index contributed by atoms with van der Waals surface area (Å²) in [6, 6.07) is 5.80. The number of benzene rings is 1. The lowest BCUT2D eigenvalue weighted by molar-refractivity contribution is -0.122. The van der Waals surface area contributed by atoms with Gasteiger partial charge in [0.2, 0.25) is 11.8 Å². The summed E-state index contributed by atoms with van der Waals surface area (Å²) >= 11 is 2.18. The summed E-state index contributed by atoms with van der Waals surface area (Å²) < 4.78 is 1.05. The summed E-state index contributed by atoms with van der Waals surface area (Å²) in [4.78, 5) is 22.1. The fraction of sp³-hybridized carbons (Fsp3) is 0.273. The Kier molecular flexibility index (Phi) is 4.72. The van der Waals surface area contributed by atoms with Crippen LogP contribution in [0, 0.1) is 10.5 Å². The van der Waals surface area contributed by atoms with Gasteiger partial charge in [0.15, 0.2) is 0 Å². The molecule has 2 N–H and O–H groups in total. The first-order valence-corrected chi connectivity index (χ1v) is 5.87. The average Bonchev–Trinajstić information content (AvgIpc) is 2.20. The van der Waals surface area contributed by atoms with Crippen LogP contribution < -0.4 is 10.6 Å². The quantitative estimate of drug-likeness (QED) is 0.828. The molecule has 0 bridgehead atoms. The van der Waals surface area contributed by atoms with Crippen molar-refractivity contribution in [3.63, 3.8) is 0 Å². The number of carbonyl (C=O) groups is 2. The fourth-order valence-corrected chi connectivity index (χ4v) is 1.62.